The fourth-order valence-corrected chi connectivity index (χ4v) is 2.11. The Bertz CT molecular complexity index is 364. The SMILES string of the molecule is CN(C(=O)CN1C(=O)CCC1C(=O)O)C1CC1. The molecule has 0 aromatic rings. The highest BCUT2D eigenvalue weighted by Gasteiger charge is 2.38. The summed E-state index contributed by atoms with van der Waals surface area (Å²) in [4.78, 5) is 37.1. The van der Waals surface area contributed by atoms with Crippen LogP contribution in [0.2, 0.25) is 0 Å². The smallest absolute Gasteiger partial charge is 0.326 e. The van der Waals surface area contributed by atoms with Gasteiger partial charge in [0, 0.05) is 19.5 Å². The lowest BCUT2D eigenvalue weighted by Gasteiger charge is -2.24. The topological polar surface area (TPSA) is 77.9 Å². The monoisotopic (exact) mass is 240 g/mol. The normalized spacial score (nSPS) is 23.9. The molecule has 0 aromatic heterocycles. The molecule has 2 amide bonds. The average molecular weight is 240 g/mol. The van der Waals surface area contributed by atoms with Crippen LogP contribution < -0.4 is 0 Å². The molecule has 1 aliphatic carbocycles. The van der Waals surface area contributed by atoms with Crippen LogP contribution in [0.15, 0.2) is 0 Å². The van der Waals surface area contributed by atoms with E-state index >= 15 is 0 Å². The van der Waals surface area contributed by atoms with E-state index in [4.69, 9.17) is 5.11 Å². The minimum Gasteiger partial charge on any atom is -0.480 e. The third-order valence-corrected chi connectivity index (χ3v) is 3.41. The van der Waals surface area contributed by atoms with Gasteiger partial charge in [-0.3, -0.25) is 9.59 Å². The first-order valence-corrected chi connectivity index (χ1v) is 5.78. The van der Waals surface area contributed by atoms with Crippen LogP contribution in [0.5, 0.6) is 0 Å². The zero-order valence-corrected chi connectivity index (χ0v) is 9.76. The van der Waals surface area contributed by atoms with Gasteiger partial charge in [-0.2, -0.15) is 0 Å². The summed E-state index contributed by atoms with van der Waals surface area (Å²) in [7, 11) is 1.70. The summed E-state index contributed by atoms with van der Waals surface area (Å²) in [5.74, 6) is -1.44. The third-order valence-electron chi connectivity index (χ3n) is 3.41. The fraction of sp³-hybridized carbons (Fsp3) is 0.727. The predicted octanol–water partition coefficient (Wildman–Crippen LogP) is -0.317. The van der Waals surface area contributed by atoms with E-state index in [-0.39, 0.29) is 30.8 Å². The van der Waals surface area contributed by atoms with E-state index in [0.717, 1.165) is 12.8 Å². The van der Waals surface area contributed by atoms with Crippen LogP contribution in [-0.2, 0) is 14.4 Å². The molecule has 1 heterocycles. The highest BCUT2D eigenvalue weighted by Crippen LogP contribution is 2.26. The molecule has 0 radical (unpaired) electrons. The highest BCUT2D eigenvalue weighted by atomic mass is 16.4. The van der Waals surface area contributed by atoms with Gasteiger partial charge in [-0.1, -0.05) is 0 Å². The number of carbonyl (C=O) groups excluding carboxylic acids is 2. The van der Waals surface area contributed by atoms with Crippen molar-refractivity contribution in [2.24, 2.45) is 0 Å². The van der Waals surface area contributed by atoms with Gasteiger partial charge in [-0.25, -0.2) is 4.79 Å². The van der Waals surface area contributed by atoms with Crippen molar-refractivity contribution in [2.45, 2.75) is 37.8 Å². The molecule has 0 spiro atoms. The van der Waals surface area contributed by atoms with E-state index in [0.29, 0.717) is 6.42 Å². The van der Waals surface area contributed by atoms with Crippen LogP contribution in [0, 0.1) is 0 Å². The Balaban J connectivity index is 1.98. The number of rotatable bonds is 4. The molecule has 2 aliphatic rings. The number of amides is 2. The quantitative estimate of drug-likeness (QED) is 0.730. The van der Waals surface area contributed by atoms with Gasteiger partial charge in [-0.05, 0) is 19.3 Å². The Morgan fingerprint density at radius 1 is 1.41 bits per heavy atom. The lowest BCUT2D eigenvalue weighted by Crippen LogP contribution is -2.45. The molecule has 1 unspecified atom stereocenters. The number of aliphatic carboxylic acids is 1. The second-order valence-electron chi connectivity index (χ2n) is 4.65. The molecule has 0 aromatic carbocycles. The van der Waals surface area contributed by atoms with Crippen molar-refractivity contribution in [1.82, 2.24) is 9.80 Å². The average Bonchev–Trinajstić information content (AvgIpc) is 3.04. The van der Waals surface area contributed by atoms with Crippen LogP contribution in [-0.4, -0.2) is 58.4 Å². The molecule has 94 valence electrons. The first-order chi connectivity index (χ1) is 8.00. The maximum atomic E-state index is 11.8. The van der Waals surface area contributed by atoms with E-state index in [1.807, 2.05) is 0 Å². The molecule has 2 fully saturated rings. The Hall–Kier alpha value is -1.59. The number of nitrogens with zero attached hydrogens (tertiary/aromatic N) is 2. The molecule has 17 heavy (non-hydrogen) atoms. The molecular weight excluding hydrogens is 224 g/mol. The molecule has 1 saturated carbocycles. The highest BCUT2D eigenvalue weighted by molar-refractivity contribution is 5.91. The number of carboxylic acids is 1. The minimum absolute atomic E-state index is 0.108. The van der Waals surface area contributed by atoms with Gasteiger partial charge < -0.3 is 14.9 Å². The third kappa shape index (κ3) is 2.40. The van der Waals surface area contributed by atoms with E-state index in [1.54, 1.807) is 11.9 Å². The lowest BCUT2D eigenvalue weighted by molar-refractivity contribution is -0.148. The molecule has 6 nitrogen and oxygen atoms in total. The molecule has 2 rings (SSSR count). The van der Waals surface area contributed by atoms with E-state index in [1.165, 1.54) is 4.90 Å². The van der Waals surface area contributed by atoms with Gasteiger partial charge >= 0.3 is 5.97 Å². The number of hydrogen-bond acceptors (Lipinski definition) is 3. The number of hydrogen-bond donors (Lipinski definition) is 1. The number of likely N-dealkylation sites (tertiary alicyclic amines) is 1. The van der Waals surface area contributed by atoms with Crippen LogP contribution in [0.4, 0.5) is 0 Å². The van der Waals surface area contributed by atoms with Gasteiger partial charge in [0.2, 0.25) is 11.8 Å². The number of likely N-dealkylation sites (N-methyl/N-ethyl adjacent to an activating group) is 1. The van der Waals surface area contributed by atoms with Crippen molar-refractivity contribution in [1.29, 1.82) is 0 Å². The van der Waals surface area contributed by atoms with Crippen molar-refractivity contribution in [3.05, 3.63) is 0 Å². The summed E-state index contributed by atoms with van der Waals surface area (Å²) < 4.78 is 0. The molecular formula is C11H16N2O4. The first-order valence-electron chi connectivity index (χ1n) is 5.78. The van der Waals surface area contributed by atoms with Crippen molar-refractivity contribution in [3.63, 3.8) is 0 Å². The second-order valence-corrected chi connectivity index (χ2v) is 4.65. The van der Waals surface area contributed by atoms with Crippen LogP contribution >= 0.6 is 0 Å². The van der Waals surface area contributed by atoms with Crippen molar-refractivity contribution < 1.29 is 19.5 Å². The zero-order valence-electron chi connectivity index (χ0n) is 9.76. The largest absolute Gasteiger partial charge is 0.480 e. The van der Waals surface area contributed by atoms with Crippen LogP contribution in [0.3, 0.4) is 0 Å². The Morgan fingerprint density at radius 3 is 2.59 bits per heavy atom. The van der Waals surface area contributed by atoms with E-state index < -0.39 is 12.0 Å². The van der Waals surface area contributed by atoms with E-state index in [2.05, 4.69) is 0 Å². The lowest BCUT2D eigenvalue weighted by atomic mass is 10.2. The minimum atomic E-state index is -1.03. The molecule has 0 bridgehead atoms. The second kappa shape index (κ2) is 4.35. The summed E-state index contributed by atoms with van der Waals surface area (Å²) in [6.07, 6.45) is 2.52. The Morgan fingerprint density at radius 2 is 2.06 bits per heavy atom. The van der Waals surface area contributed by atoms with Crippen molar-refractivity contribution in [2.75, 3.05) is 13.6 Å². The van der Waals surface area contributed by atoms with Gasteiger partial charge in [0.25, 0.3) is 0 Å². The van der Waals surface area contributed by atoms with Crippen molar-refractivity contribution in [3.8, 4) is 0 Å². The zero-order chi connectivity index (χ0) is 12.6. The first kappa shape index (κ1) is 11.9. The Labute approximate surface area is 99.2 Å². The van der Waals surface area contributed by atoms with Crippen molar-refractivity contribution >= 4 is 17.8 Å². The van der Waals surface area contributed by atoms with Gasteiger partial charge in [-0.15, -0.1) is 0 Å². The summed E-state index contributed by atoms with van der Waals surface area (Å²) in [5, 5.41) is 8.96. The predicted molar refractivity (Wildman–Crippen MR) is 58.2 cm³/mol. The summed E-state index contributed by atoms with van der Waals surface area (Å²) in [6, 6.07) is -0.553. The van der Waals surface area contributed by atoms with Crippen LogP contribution in [0.25, 0.3) is 0 Å². The molecule has 1 atom stereocenters. The molecule has 1 saturated heterocycles. The summed E-state index contributed by atoms with van der Waals surface area (Å²) in [5.41, 5.74) is 0. The Kier molecular flexibility index (Phi) is 3.04. The molecule has 1 N–H and O–H groups in total. The summed E-state index contributed by atoms with van der Waals surface area (Å²) in [6.45, 7) is -0.108. The summed E-state index contributed by atoms with van der Waals surface area (Å²) >= 11 is 0. The van der Waals surface area contributed by atoms with E-state index in [9.17, 15) is 14.4 Å². The standard InChI is InChI=1S/C11H16N2O4/c1-12(7-2-3-7)10(15)6-13-8(11(16)17)4-5-9(13)14/h7-8H,2-6H2,1H3,(H,16,17). The number of carboxylic acid groups (broad SMARTS) is 1. The number of carbonyl (C=O) groups is 3. The van der Waals surface area contributed by atoms with Gasteiger partial charge in [0.1, 0.15) is 12.6 Å². The maximum absolute atomic E-state index is 11.8. The fourth-order valence-electron chi connectivity index (χ4n) is 2.11. The van der Waals surface area contributed by atoms with Gasteiger partial charge in [0.15, 0.2) is 0 Å². The van der Waals surface area contributed by atoms with Gasteiger partial charge in [0.05, 0.1) is 0 Å². The molecule has 6 heteroatoms. The maximum Gasteiger partial charge on any atom is 0.326 e. The molecule has 1 aliphatic heterocycles. The van der Waals surface area contributed by atoms with Crippen LogP contribution in [0.1, 0.15) is 25.7 Å².